The van der Waals surface area contributed by atoms with Crippen molar-refractivity contribution in [3.05, 3.63) is 29.6 Å². The smallest absolute Gasteiger partial charge is 0.0544 e. The summed E-state index contributed by atoms with van der Waals surface area (Å²) in [5.74, 6) is 0.698. The van der Waals surface area contributed by atoms with Gasteiger partial charge in [-0.2, -0.15) is 0 Å². The molecule has 1 saturated heterocycles. The van der Waals surface area contributed by atoms with Crippen LogP contribution in [0, 0.1) is 5.92 Å². The van der Waals surface area contributed by atoms with E-state index in [-0.39, 0.29) is 0 Å². The molecule has 1 atom stereocenters. The van der Waals surface area contributed by atoms with Crippen LogP contribution in [-0.2, 0) is 13.1 Å². The van der Waals surface area contributed by atoms with E-state index in [1.54, 1.807) is 0 Å². The minimum atomic E-state index is 0.698. The Balaban J connectivity index is 1.81. The zero-order valence-electron chi connectivity index (χ0n) is 12.5. The number of pyridine rings is 1. The lowest BCUT2D eigenvalue weighted by atomic mass is 10.2. The number of nitrogens with zero attached hydrogens (tertiary/aromatic N) is 2. The second-order valence-corrected chi connectivity index (χ2v) is 6.14. The second-order valence-electron chi connectivity index (χ2n) is 6.14. The molecular formula is C16H27N3. The Morgan fingerprint density at radius 3 is 2.84 bits per heavy atom. The Hall–Kier alpha value is -0.930. The Morgan fingerprint density at radius 2 is 2.26 bits per heavy atom. The lowest BCUT2D eigenvalue weighted by Gasteiger charge is -2.20. The summed E-state index contributed by atoms with van der Waals surface area (Å²) >= 11 is 0. The fourth-order valence-corrected chi connectivity index (χ4v) is 2.59. The van der Waals surface area contributed by atoms with Gasteiger partial charge in [0.2, 0.25) is 0 Å². The first-order chi connectivity index (χ1) is 9.15. The molecule has 3 heteroatoms. The molecule has 19 heavy (non-hydrogen) atoms. The van der Waals surface area contributed by atoms with Gasteiger partial charge >= 0.3 is 0 Å². The molecule has 0 bridgehead atoms. The summed E-state index contributed by atoms with van der Waals surface area (Å²) in [6, 6.07) is 5.10. The van der Waals surface area contributed by atoms with Crippen LogP contribution in [0.3, 0.4) is 0 Å². The van der Waals surface area contributed by atoms with Crippen LogP contribution in [-0.4, -0.2) is 29.0 Å². The second kappa shape index (κ2) is 7.01. The average Bonchev–Trinajstić information content (AvgIpc) is 2.77. The molecule has 0 aromatic carbocycles. The molecular weight excluding hydrogens is 234 g/mol. The number of likely N-dealkylation sites (tertiary alicyclic amines) is 1. The van der Waals surface area contributed by atoms with Gasteiger partial charge in [0.1, 0.15) is 0 Å². The first-order valence-corrected chi connectivity index (χ1v) is 7.53. The molecule has 1 fully saturated rings. The Morgan fingerprint density at radius 1 is 1.42 bits per heavy atom. The van der Waals surface area contributed by atoms with Crippen LogP contribution in [0.1, 0.15) is 44.9 Å². The third-order valence-electron chi connectivity index (χ3n) is 3.82. The SMILES string of the molecule is CC(C)CNCc1ccc(CN2CCCC2C)nc1. The Kier molecular flexibility index (Phi) is 5.34. The summed E-state index contributed by atoms with van der Waals surface area (Å²) in [4.78, 5) is 7.12. The summed E-state index contributed by atoms with van der Waals surface area (Å²) < 4.78 is 0. The fourth-order valence-electron chi connectivity index (χ4n) is 2.59. The van der Waals surface area contributed by atoms with Crippen molar-refractivity contribution in [1.82, 2.24) is 15.2 Å². The van der Waals surface area contributed by atoms with E-state index in [0.717, 1.165) is 19.6 Å². The normalized spacial score (nSPS) is 20.3. The molecule has 0 amide bonds. The largest absolute Gasteiger partial charge is 0.312 e. The van der Waals surface area contributed by atoms with Crippen molar-refractivity contribution in [3.8, 4) is 0 Å². The molecule has 1 aliphatic heterocycles. The van der Waals surface area contributed by atoms with E-state index in [4.69, 9.17) is 0 Å². The van der Waals surface area contributed by atoms with Crippen molar-refractivity contribution in [2.45, 2.75) is 52.7 Å². The number of hydrogen-bond donors (Lipinski definition) is 1. The zero-order valence-corrected chi connectivity index (χ0v) is 12.5. The van der Waals surface area contributed by atoms with Crippen molar-refractivity contribution in [2.75, 3.05) is 13.1 Å². The summed E-state index contributed by atoms with van der Waals surface area (Å²) in [6.07, 6.45) is 4.68. The summed E-state index contributed by atoms with van der Waals surface area (Å²) in [5.41, 5.74) is 2.47. The third-order valence-corrected chi connectivity index (χ3v) is 3.82. The number of aromatic nitrogens is 1. The van der Waals surface area contributed by atoms with Crippen LogP contribution in [0.25, 0.3) is 0 Å². The molecule has 0 aliphatic carbocycles. The van der Waals surface area contributed by atoms with Gasteiger partial charge < -0.3 is 5.32 Å². The molecule has 1 aromatic rings. The van der Waals surface area contributed by atoms with E-state index in [9.17, 15) is 0 Å². The topological polar surface area (TPSA) is 28.2 Å². The van der Waals surface area contributed by atoms with E-state index in [1.165, 1.54) is 30.6 Å². The van der Waals surface area contributed by atoms with Crippen molar-refractivity contribution >= 4 is 0 Å². The van der Waals surface area contributed by atoms with Gasteiger partial charge in [-0.25, -0.2) is 0 Å². The van der Waals surface area contributed by atoms with Gasteiger partial charge in [-0.15, -0.1) is 0 Å². The molecule has 0 spiro atoms. The first kappa shape index (κ1) is 14.5. The van der Waals surface area contributed by atoms with Crippen LogP contribution >= 0.6 is 0 Å². The van der Waals surface area contributed by atoms with E-state index < -0.39 is 0 Å². The monoisotopic (exact) mass is 261 g/mol. The lowest BCUT2D eigenvalue weighted by Crippen LogP contribution is -2.26. The highest BCUT2D eigenvalue weighted by atomic mass is 15.2. The van der Waals surface area contributed by atoms with Gasteiger partial charge in [-0.3, -0.25) is 9.88 Å². The molecule has 106 valence electrons. The van der Waals surface area contributed by atoms with E-state index in [0.29, 0.717) is 12.0 Å². The Bertz CT molecular complexity index is 372. The molecule has 2 rings (SSSR count). The van der Waals surface area contributed by atoms with Crippen molar-refractivity contribution in [3.63, 3.8) is 0 Å². The van der Waals surface area contributed by atoms with Crippen LogP contribution in [0.2, 0.25) is 0 Å². The summed E-state index contributed by atoms with van der Waals surface area (Å²) in [7, 11) is 0. The molecule has 1 N–H and O–H groups in total. The maximum Gasteiger partial charge on any atom is 0.0544 e. The standard InChI is InChI=1S/C16H27N3/c1-13(2)9-17-10-15-6-7-16(18-11-15)12-19-8-4-5-14(19)3/h6-7,11,13-14,17H,4-5,8-10,12H2,1-3H3. The fraction of sp³-hybridized carbons (Fsp3) is 0.688. The maximum absolute atomic E-state index is 4.59. The zero-order chi connectivity index (χ0) is 13.7. The van der Waals surface area contributed by atoms with Crippen LogP contribution in [0.15, 0.2) is 18.3 Å². The van der Waals surface area contributed by atoms with Gasteiger partial charge in [0.15, 0.2) is 0 Å². The van der Waals surface area contributed by atoms with E-state index in [2.05, 4.69) is 48.1 Å². The van der Waals surface area contributed by atoms with Gasteiger partial charge in [0.25, 0.3) is 0 Å². The molecule has 0 saturated carbocycles. The van der Waals surface area contributed by atoms with Crippen molar-refractivity contribution < 1.29 is 0 Å². The van der Waals surface area contributed by atoms with Crippen LogP contribution < -0.4 is 5.32 Å². The molecule has 2 heterocycles. The predicted octanol–water partition coefficient (Wildman–Crippen LogP) is 2.81. The lowest BCUT2D eigenvalue weighted by molar-refractivity contribution is 0.257. The molecule has 1 aromatic heterocycles. The first-order valence-electron chi connectivity index (χ1n) is 7.53. The third kappa shape index (κ3) is 4.59. The van der Waals surface area contributed by atoms with Gasteiger partial charge in [0.05, 0.1) is 5.69 Å². The summed E-state index contributed by atoms with van der Waals surface area (Å²) in [6.45, 7) is 11.0. The highest BCUT2D eigenvalue weighted by Gasteiger charge is 2.20. The quantitative estimate of drug-likeness (QED) is 0.853. The van der Waals surface area contributed by atoms with Gasteiger partial charge in [-0.05, 0) is 50.4 Å². The van der Waals surface area contributed by atoms with Gasteiger partial charge in [0, 0.05) is 25.3 Å². The number of hydrogen-bond acceptors (Lipinski definition) is 3. The molecule has 1 unspecified atom stereocenters. The van der Waals surface area contributed by atoms with Gasteiger partial charge in [-0.1, -0.05) is 19.9 Å². The highest BCUT2D eigenvalue weighted by molar-refractivity contribution is 5.14. The molecule has 1 aliphatic rings. The number of nitrogens with one attached hydrogen (secondary N) is 1. The average molecular weight is 261 g/mol. The van der Waals surface area contributed by atoms with E-state index in [1.807, 2.05) is 6.20 Å². The maximum atomic E-state index is 4.59. The predicted molar refractivity (Wildman–Crippen MR) is 79.9 cm³/mol. The highest BCUT2D eigenvalue weighted by Crippen LogP contribution is 2.18. The van der Waals surface area contributed by atoms with Crippen LogP contribution in [0.4, 0.5) is 0 Å². The van der Waals surface area contributed by atoms with Crippen molar-refractivity contribution in [2.24, 2.45) is 5.92 Å². The van der Waals surface area contributed by atoms with Crippen LogP contribution in [0.5, 0.6) is 0 Å². The number of rotatable bonds is 6. The summed E-state index contributed by atoms with van der Waals surface area (Å²) in [5, 5.41) is 3.45. The Labute approximate surface area is 117 Å². The molecule has 0 radical (unpaired) electrons. The van der Waals surface area contributed by atoms with E-state index >= 15 is 0 Å². The minimum Gasteiger partial charge on any atom is -0.312 e. The van der Waals surface area contributed by atoms with Crippen molar-refractivity contribution in [1.29, 1.82) is 0 Å². The molecule has 3 nitrogen and oxygen atoms in total. The minimum absolute atomic E-state index is 0.698.